The first kappa shape index (κ1) is 9.66. The molecule has 0 amide bonds. The Kier molecular flexibility index (Phi) is 2.16. The van der Waals surface area contributed by atoms with Crippen molar-refractivity contribution in [2.75, 3.05) is 0 Å². The zero-order chi connectivity index (χ0) is 11.0. The summed E-state index contributed by atoms with van der Waals surface area (Å²) in [5, 5.41) is 13.7. The summed E-state index contributed by atoms with van der Waals surface area (Å²) >= 11 is 0. The van der Waals surface area contributed by atoms with Crippen LogP contribution < -0.4 is 0 Å². The zero-order valence-corrected chi connectivity index (χ0v) is 8.53. The Balaban J connectivity index is 2.86. The lowest BCUT2D eigenvalue weighted by Crippen LogP contribution is -2.04. The lowest BCUT2D eigenvalue weighted by molar-refractivity contribution is 0.528. The maximum atomic E-state index is 13.4. The minimum atomic E-state index is -0.386. The molecular weight excluding hydrogens is 193 g/mol. The van der Waals surface area contributed by atoms with Gasteiger partial charge in [0.25, 0.3) is 0 Å². The molecule has 4 heteroatoms. The highest BCUT2D eigenvalue weighted by atomic mass is 19.1. The molecule has 0 unspecified atom stereocenters. The van der Waals surface area contributed by atoms with Crippen LogP contribution in [0.25, 0.3) is 10.9 Å². The number of benzene rings is 1. The molecule has 0 fully saturated rings. The molecule has 0 radical (unpaired) electrons. The molecule has 1 aromatic carbocycles. The third-order valence-corrected chi connectivity index (χ3v) is 2.27. The summed E-state index contributed by atoms with van der Waals surface area (Å²) in [6, 6.07) is 6.76. The quantitative estimate of drug-likeness (QED) is 0.714. The van der Waals surface area contributed by atoms with Gasteiger partial charge in [0.15, 0.2) is 5.82 Å². The molecule has 0 aliphatic carbocycles. The molecule has 2 aromatic rings. The van der Waals surface area contributed by atoms with Crippen LogP contribution in [0, 0.1) is 17.1 Å². The van der Waals surface area contributed by atoms with Crippen LogP contribution in [0.4, 0.5) is 4.39 Å². The summed E-state index contributed by atoms with van der Waals surface area (Å²) in [5.41, 5.74) is 0.683. The molecule has 1 heterocycles. The molecule has 3 nitrogen and oxygen atoms in total. The number of nitriles is 1. The van der Waals surface area contributed by atoms with Gasteiger partial charge in [-0.2, -0.15) is 10.4 Å². The van der Waals surface area contributed by atoms with Crippen LogP contribution in [0.1, 0.15) is 25.6 Å². The van der Waals surface area contributed by atoms with Crippen molar-refractivity contribution in [1.29, 1.82) is 5.26 Å². The van der Waals surface area contributed by atoms with Gasteiger partial charge in [0.2, 0.25) is 0 Å². The normalized spacial score (nSPS) is 10.9. The molecule has 15 heavy (non-hydrogen) atoms. The minimum absolute atomic E-state index is 0.0476. The average Bonchev–Trinajstić information content (AvgIpc) is 2.57. The first-order valence-electron chi connectivity index (χ1n) is 4.72. The number of halogens is 1. The summed E-state index contributed by atoms with van der Waals surface area (Å²) in [6.07, 6.45) is 0. The van der Waals surface area contributed by atoms with E-state index < -0.39 is 0 Å². The average molecular weight is 203 g/mol. The fourth-order valence-electron chi connectivity index (χ4n) is 1.57. The maximum Gasteiger partial charge on any atom is 0.151 e. The van der Waals surface area contributed by atoms with E-state index in [4.69, 9.17) is 5.26 Å². The van der Waals surface area contributed by atoms with Crippen molar-refractivity contribution in [2.45, 2.75) is 19.9 Å². The molecule has 0 saturated heterocycles. The summed E-state index contributed by atoms with van der Waals surface area (Å²) in [6.45, 7) is 3.81. The van der Waals surface area contributed by atoms with Gasteiger partial charge in [-0.15, -0.1) is 0 Å². The Hall–Kier alpha value is -1.89. The van der Waals surface area contributed by atoms with Gasteiger partial charge in [-0.1, -0.05) is 6.07 Å². The van der Waals surface area contributed by atoms with Crippen LogP contribution in [0.15, 0.2) is 18.2 Å². The second-order valence-corrected chi connectivity index (χ2v) is 3.63. The monoisotopic (exact) mass is 203 g/mol. The van der Waals surface area contributed by atoms with Crippen LogP contribution in [-0.2, 0) is 0 Å². The molecule has 0 aliphatic heterocycles. The van der Waals surface area contributed by atoms with Crippen LogP contribution >= 0.6 is 0 Å². The van der Waals surface area contributed by atoms with Gasteiger partial charge in [-0.25, -0.2) is 4.39 Å². The Bertz CT molecular complexity index is 549. The third kappa shape index (κ3) is 1.37. The largest absolute Gasteiger partial charge is 0.251 e. The van der Waals surface area contributed by atoms with Gasteiger partial charge in [0.1, 0.15) is 17.3 Å². The zero-order valence-electron chi connectivity index (χ0n) is 8.53. The first-order chi connectivity index (χ1) is 7.15. The lowest BCUT2D eigenvalue weighted by atomic mass is 10.2. The summed E-state index contributed by atoms with van der Waals surface area (Å²) in [4.78, 5) is 0. The van der Waals surface area contributed by atoms with Crippen molar-refractivity contribution in [3.63, 3.8) is 0 Å². The first-order valence-corrected chi connectivity index (χ1v) is 4.72. The number of nitrogens with zero attached hydrogens (tertiary/aromatic N) is 3. The van der Waals surface area contributed by atoms with Crippen LogP contribution in [0.5, 0.6) is 0 Å². The van der Waals surface area contributed by atoms with Gasteiger partial charge < -0.3 is 0 Å². The van der Waals surface area contributed by atoms with Crippen LogP contribution in [0.2, 0.25) is 0 Å². The predicted molar refractivity (Wildman–Crippen MR) is 54.8 cm³/mol. The highest BCUT2D eigenvalue weighted by Crippen LogP contribution is 2.22. The maximum absolute atomic E-state index is 13.4. The number of fused-ring (bicyclic) bond motifs is 1. The molecule has 0 N–H and O–H groups in total. The topological polar surface area (TPSA) is 41.6 Å². The van der Waals surface area contributed by atoms with E-state index in [2.05, 4.69) is 11.2 Å². The molecule has 0 saturated carbocycles. The Morgan fingerprint density at radius 2 is 2.20 bits per heavy atom. The number of rotatable bonds is 1. The molecule has 0 spiro atoms. The summed E-state index contributed by atoms with van der Waals surface area (Å²) < 4.78 is 14.9. The van der Waals surface area contributed by atoms with Crippen LogP contribution in [0.3, 0.4) is 0 Å². The SMILES string of the molecule is CC(C)n1nc2c(F)cccc2c1C#N. The van der Waals surface area contributed by atoms with E-state index in [0.717, 1.165) is 0 Å². The highest BCUT2D eigenvalue weighted by Gasteiger charge is 2.14. The van der Waals surface area contributed by atoms with E-state index in [1.807, 2.05) is 13.8 Å². The van der Waals surface area contributed by atoms with Crippen LogP contribution in [-0.4, -0.2) is 9.78 Å². The molecule has 2 rings (SSSR count). The van der Waals surface area contributed by atoms with Gasteiger partial charge in [-0.05, 0) is 26.0 Å². The van der Waals surface area contributed by atoms with Gasteiger partial charge in [0, 0.05) is 11.4 Å². The van der Waals surface area contributed by atoms with E-state index in [9.17, 15) is 4.39 Å². The molecule has 1 aromatic heterocycles. The highest BCUT2D eigenvalue weighted by molar-refractivity contribution is 5.84. The smallest absolute Gasteiger partial charge is 0.151 e. The molecule has 0 bridgehead atoms. The fourth-order valence-corrected chi connectivity index (χ4v) is 1.57. The fraction of sp³-hybridized carbons (Fsp3) is 0.273. The predicted octanol–water partition coefficient (Wildman–Crippen LogP) is 2.63. The van der Waals surface area contributed by atoms with Crippen molar-refractivity contribution >= 4 is 10.9 Å². The second kappa shape index (κ2) is 3.35. The van der Waals surface area contributed by atoms with E-state index in [1.54, 1.807) is 16.8 Å². The molecule has 0 atom stereocenters. The Morgan fingerprint density at radius 1 is 1.47 bits per heavy atom. The summed E-state index contributed by atoms with van der Waals surface area (Å²) in [7, 11) is 0. The summed E-state index contributed by atoms with van der Waals surface area (Å²) in [5.74, 6) is -0.386. The van der Waals surface area contributed by atoms with Crippen molar-refractivity contribution in [2.24, 2.45) is 0 Å². The van der Waals surface area contributed by atoms with Gasteiger partial charge in [0.05, 0.1) is 0 Å². The number of aromatic nitrogens is 2. The standard InChI is InChI=1S/C11H10FN3/c1-7(2)15-10(6-13)8-4-3-5-9(12)11(8)14-15/h3-5,7H,1-2H3. The van der Waals surface area contributed by atoms with Gasteiger partial charge in [-0.3, -0.25) is 4.68 Å². The van der Waals surface area contributed by atoms with Gasteiger partial charge >= 0.3 is 0 Å². The van der Waals surface area contributed by atoms with Crippen molar-refractivity contribution in [3.8, 4) is 6.07 Å². The van der Waals surface area contributed by atoms with E-state index in [0.29, 0.717) is 11.1 Å². The van der Waals surface area contributed by atoms with Crippen molar-refractivity contribution in [3.05, 3.63) is 29.7 Å². The number of hydrogen-bond donors (Lipinski definition) is 0. The molecular formula is C11H10FN3. The lowest BCUT2D eigenvalue weighted by Gasteiger charge is -2.05. The van der Waals surface area contributed by atoms with E-state index >= 15 is 0 Å². The van der Waals surface area contributed by atoms with E-state index in [1.165, 1.54) is 6.07 Å². The Labute approximate surface area is 86.7 Å². The van der Waals surface area contributed by atoms with E-state index in [-0.39, 0.29) is 17.4 Å². The third-order valence-electron chi connectivity index (χ3n) is 2.27. The minimum Gasteiger partial charge on any atom is -0.251 e. The second-order valence-electron chi connectivity index (χ2n) is 3.63. The molecule has 0 aliphatic rings. The van der Waals surface area contributed by atoms with Crippen molar-refractivity contribution < 1.29 is 4.39 Å². The Morgan fingerprint density at radius 3 is 2.80 bits per heavy atom. The molecule has 76 valence electrons. The van der Waals surface area contributed by atoms with Crippen molar-refractivity contribution in [1.82, 2.24) is 9.78 Å². The number of hydrogen-bond acceptors (Lipinski definition) is 2.